The molecule has 0 unspecified atom stereocenters. The van der Waals surface area contributed by atoms with Gasteiger partial charge in [0, 0.05) is 30.0 Å². The van der Waals surface area contributed by atoms with Crippen molar-refractivity contribution in [3.8, 4) is 6.07 Å². The zero-order valence-electron chi connectivity index (χ0n) is 20.9. The summed E-state index contributed by atoms with van der Waals surface area (Å²) in [5.41, 5.74) is 12.8. The van der Waals surface area contributed by atoms with Gasteiger partial charge in [-0.05, 0) is 23.1 Å². The van der Waals surface area contributed by atoms with Crippen LogP contribution < -0.4 is 27.3 Å². The lowest BCUT2D eigenvalue weighted by molar-refractivity contribution is -0.174. The van der Waals surface area contributed by atoms with Crippen LogP contribution >= 0.6 is 11.6 Å². The van der Waals surface area contributed by atoms with Gasteiger partial charge in [0.25, 0.3) is 0 Å². The van der Waals surface area contributed by atoms with Gasteiger partial charge in [0.15, 0.2) is 0 Å². The number of halogens is 3. The summed E-state index contributed by atoms with van der Waals surface area (Å²) in [4.78, 5) is 15.7. The second-order valence-electron chi connectivity index (χ2n) is 10.0. The minimum Gasteiger partial charge on any atom is -0.383 e. The molecular formula is C26H27ClF2N8O. The maximum atomic E-state index is 14.2. The molecule has 38 heavy (non-hydrogen) atoms. The molecule has 4 rings (SSSR count). The molecule has 0 aliphatic carbocycles. The van der Waals surface area contributed by atoms with Crippen LogP contribution in [-0.2, 0) is 4.79 Å². The van der Waals surface area contributed by atoms with Crippen molar-refractivity contribution in [1.82, 2.24) is 21.0 Å². The number of carbonyl (C=O) groups is 1. The Kier molecular flexibility index (Phi) is 7.31. The van der Waals surface area contributed by atoms with Crippen molar-refractivity contribution < 1.29 is 13.6 Å². The van der Waals surface area contributed by atoms with Gasteiger partial charge in [-0.2, -0.15) is 14.0 Å². The number of alkyl halides is 2. The smallest absolute Gasteiger partial charge is 0.383 e. The number of carbonyl (C=O) groups excluding carboxylic acids is 1. The molecule has 0 saturated heterocycles. The Morgan fingerprint density at radius 3 is 2.61 bits per heavy atom. The Hall–Kier alpha value is -4.14. The number of hydrogen-bond donors (Lipinski definition) is 5. The third-order valence-electron chi connectivity index (χ3n) is 5.78. The largest absolute Gasteiger partial charge is 0.418 e. The number of hydrogen-bond acceptors (Lipinski definition) is 8. The molecule has 1 atom stereocenters. The summed E-state index contributed by atoms with van der Waals surface area (Å²) in [5, 5.41) is 17.7. The Balaban J connectivity index is 1.78. The molecule has 0 radical (unpaired) electrons. The van der Waals surface area contributed by atoms with Crippen LogP contribution in [-0.4, -0.2) is 28.5 Å². The molecule has 2 aromatic carbocycles. The maximum Gasteiger partial charge on any atom is 0.418 e. The highest BCUT2D eigenvalue weighted by Gasteiger charge is 2.45. The van der Waals surface area contributed by atoms with E-state index >= 15 is 0 Å². The summed E-state index contributed by atoms with van der Waals surface area (Å²) in [6, 6.07) is 10.1. The van der Waals surface area contributed by atoms with Gasteiger partial charge in [0.1, 0.15) is 6.07 Å². The molecule has 1 aliphatic heterocycles. The van der Waals surface area contributed by atoms with Crippen molar-refractivity contribution in [2.24, 2.45) is 11.1 Å². The van der Waals surface area contributed by atoms with Crippen LogP contribution in [0, 0.1) is 16.7 Å². The SMILES string of the molecule is CC(C)(C)CNc1c(C#N)cnc2c(Cl)cc(N[C@H](C3=CN(C(F)(F)C(N)=O)NN3)c3ccccc3)cc12. The lowest BCUT2D eigenvalue weighted by Crippen LogP contribution is -2.54. The van der Waals surface area contributed by atoms with Gasteiger partial charge in [-0.3, -0.25) is 9.78 Å². The first kappa shape index (κ1) is 26.9. The minimum absolute atomic E-state index is 0.0627. The lowest BCUT2D eigenvalue weighted by Gasteiger charge is -2.23. The van der Waals surface area contributed by atoms with Crippen LogP contribution in [0.2, 0.25) is 5.02 Å². The van der Waals surface area contributed by atoms with E-state index in [0.29, 0.717) is 50.1 Å². The molecule has 1 aromatic heterocycles. The van der Waals surface area contributed by atoms with Gasteiger partial charge >= 0.3 is 12.0 Å². The van der Waals surface area contributed by atoms with Gasteiger partial charge in [-0.25, -0.2) is 5.01 Å². The van der Waals surface area contributed by atoms with Crippen molar-refractivity contribution in [2.45, 2.75) is 32.9 Å². The van der Waals surface area contributed by atoms with E-state index < -0.39 is 18.0 Å². The number of aromatic nitrogens is 1. The molecular weight excluding hydrogens is 514 g/mol. The zero-order valence-corrected chi connectivity index (χ0v) is 21.7. The fourth-order valence-corrected chi connectivity index (χ4v) is 4.14. The van der Waals surface area contributed by atoms with Gasteiger partial charge < -0.3 is 21.8 Å². The topological polar surface area (TPSA) is 131 Å². The lowest BCUT2D eigenvalue weighted by atomic mass is 9.96. The summed E-state index contributed by atoms with van der Waals surface area (Å²) in [6.07, 6.45) is 2.55. The molecule has 1 aliphatic rings. The number of amides is 1. The highest BCUT2D eigenvalue weighted by Crippen LogP contribution is 2.36. The predicted molar refractivity (Wildman–Crippen MR) is 143 cm³/mol. The first-order chi connectivity index (χ1) is 17.9. The van der Waals surface area contributed by atoms with Crippen molar-refractivity contribution in [1.29, 1.82) is 5.26 Å². The van der Waals surface area contributed by atoms with Crippen LogP contribution in [0.25, 0.3) is 10.9 Å². The van der Waals surface area contributed by atoms with E-state index in [9.17, 15) is 18.8 Å². The number of benzene rings is 2. The van der Waals surface area contributed by atoms with Crippen molar-refractivity contribution in [2.75, 3.05) is 17.2 Å². The molecule has 2 heterocycles. The van der Waals surface area contributed by atoms with Crippen molar-refractivity contribution in [3.05, 3.63) is 76.7 Å². The number of primary amides is 1. The molecule has 198 valence electrons. The molecule has 12 heteroatoms. The van der Waals surface area contributed by atoms with Crippen molar-refractivity contribution in [3.63, 3.8) is 0 Å². The summed E-state index contributed by atoms with van der Waals surface area (Å²) >= 11 is 6.61. The number of pyridine rings is 1. The molecule has 0 fully saturated rings. The predicted octanol–water partition coefficient (Wildman–Crippen LogP) is 4.62. The Morgan fingerprint density at radius 1 is 1.26 bits per heavy atom. The number of fused-ring (bicyclic) bond motifs is 1. The third-order valence-corrected chi connectivity index (χ3v) is 6.07. The molecule has 3 aromatic rings. The summed E-state index contributed by atoms with van der Waals surface area (Å²) in [6.45, 7) is 6.80. The molecule has 1 amide bonds. The zero-order chi connectivity index (χ0) is 27.7. The normalized spacial score (nSPS) is 14.4. The van der Waals surface area contributed by atoms with Crippen LogP contribution in [0.3, 0.4) is 0 Å². The standard InChI is InChI=1S/C26H27ClF2N8O/c1-25(2,3)14-33-21-16(11-30)12-32-23-18(21)9-17(10-19(23)27)34-22(15-7-5-4-6-8-15)20-13-37(36-35-20)26(28,29)24(31)38/h4-10,12-13,22,34-36H,14H2,1-3H3,(H2,31,38)(H,32,33)/t22-/m0/s1. The van der Waals surface area contributed by atoms with Gasteiger partial charge in [0.2, 0.25) is 0 Å². The van der Waals surface area contributed by atoms with Gasteiger partial charge in [0.05, 0.1) is 33.5 Å². The van der Waals surface area contributed by atoms with Gasteiger partial charge in [-0.15, -0.1) is 5.53 Å². The van der Waals surface area contributed by atoms with E-state index in [2.05, 4.69) is 53.4 Å². The van der Waals surface area contributed by atoms with E-state index in [1.807, 2.05) is 30.3 Å². The van der Waals surface area contributed by atoms with E-state index in [-0.39, 0.29) is 5.41 Å². The Labute approximate surface area is 223 Å². The molecule has 0 bridgehead atoms. The average molecular weight is 541 g/mol. The quantitative estimate of drug-likeness (QED) is 0.262. The first-order valence-electron chi connectivity index (χ1n) is 11.7. The average Bonchev–Trinajstić information content (AvgIpc) is 3.36. The fraction of sp³-hybridized carbons (Fsp3) is 0.269. The summed E-state index contributed by atoms with van der Waals surface area (Å²) < 4.78 is 28.5. The fourth-order valence-electron chi connectivity index (χ4n) is 3.87. The van der Waals surface area contributed by atoms with E-state index in [0.717, 1.165) is 11.8 Å². The van der Waals surface area contributed by atoms with E-state index in [4.69, 9.17) is 17.3 Å². The van der Waals surface area contributed by atoms with E-state index in [1.165, 1.54) is 6.20 Å². The molecule has 0 spiro atoms. The molecule has 0 saturated carbocycles. The highest BCUT2D eigenvalue weighted by atomic mass is 35.5. The highest BCUT2D eigenvalue weighted by molar-refractivity contribution is 6.35. The van der Waals surface area contributed by atoms with E-state index in [1.54, 1.807) is 12.1 Å². The monoisotopic (exact) mass is 540 g/mol. The summed E-state index contributed by atoms with van der Waals surface area (Å²) in [5.74, 6) is -1.80. The summed E-state index contributed by atoms with van der Waals surface area (Å²) in [7, 11) is 0. The Bertz CT molecular complexity index is 1430. The number of nitrogens with two attached hydrogens (primary N) is 1. The van der Waals surface area contributed by atoms with Gasteiger partial charge in [-0.1, -0.05) is 62.7 Å². The van der Waals surface area contributed by atoms with Crippen LogP contribution in [0.1, 0.15) is 37.9 Å². The third kappa shape index (κ3) is 5.56. The maximum absolute atomic E-state index is 14.2. The number of hydrazine groups is 2. The number of nitrogens with one attached hydrogen (secondary N) is 4. The first-order valence-corrected chi connectivity index (χ1v) is 12.1. The van der Waals surface area contributed by atoms with Crippen molar-refractivity contribution >= 4 is 39.8 Å². The number of rotatable bonds is 8. The van der Waals surface area contributed by atoms with Crippen LogP contribution in [0.15, 0.2) is 60.6 Å². The minimum atomic E-state index is -3.96. The Morgan fingerprint density at radius 2 is 1.97 bits per heavy atom. The molecule has 6 N–H and O–H groups in total. The number of anilines is 2. The number of nitriles is 1. The number of nitrogens with zero attached hydrogens (tertiary/aromatic N) is 3. The van der Waals surface area contributed by atoms with Crippen LogP contribution in [0.4, 0.5) is 20.2 Å². The molecule has 9 nitrogen and oxygen atoms in total. The van der Waals surface area contributed by atoms with Crippen LogP contribution in [0.5, 0.6) is 0 Å². The second kappa shape index (κ2) is 10.3. The second-order valence-corrected chi connectivity index (χ2v) is 10.4.